The smallest absolute Gasteiger partial charge is 0.319 e. The van der Waals surface area contributed by atoms with Gasteiger partial charge in [0.25, 0.3) is 0 Å². The first-order valence-corrected chi connectivity index (χ1v) is 16.4. The van der Waals surface area contributed by atoms with Crippen molar-refractivity contribution in [1.29, 1.82) is 0 Å². The van der Waals surface area contributed by atoms with Crippen molar-refractivity contribution < 1.29 is 23.7 Å². The standard InChI is InChI=1S/C35H39F2N5O3/c1-3-24-27(36)6-5-21-13-23(43)14-25(29(21)24)31-30(37)32-26(15-38-31)33(41-16-20-11-22(17-41)28(44)12-20)40-34(39-32)45-18-35-8-4-10-42(35)19(2)7-9-35/h5-6,13-15,19-20,22,28,43-44H,3-4,7-12,16-18H2,1-2H3/t19?,20-,22-,28-,35?/m1/s1. The van der Waals surface area contributed by atoms with Gasteiger partial charge in [-0.1, -0.05) is 13.0 Å². The Balaban J connectivity index is 1.27. The van der Waals surface area contributed by atoms with Crippen LogP contribution in [0.4, 0.5) is 14.6 Å². The minimum Gasteiger partial charge on any atom is -0.508 e. The number of nitrogens with zero attached hydrogens (tertiary/aromatic N) is 5. The molecule has 2 unspecified atom stereocenters. The van der Waals surface area contributed by atoms with Gasteiger partial charge >= 0.3 is 6.01 Å². The van der Waals surface area contributed by atoms with E-state index < -0.39 is 5.82 Å². The third kappa shape index (κ3) is 4.62. The second-order valence-electron chi connectivity index (χ2n) is 13.8. The lowest BCUT2D eigenvalue weighted by atomic mass is 9.94. The number of piperidine rings is 1. The number of anilines is 1. The van der Waals surface area contributed by atoms with E-state index in [1.165, 1.54) is 12.1 Å². The molecule has 5 atom stereocenters. The highest BCUT2D eigenvalue weighted by Crippen LogP contribution is 2.44. The minimum absolute atomic E-state index is 0.0152. The maximum Gasteiger partial charge on any atom is 0.319 e. The highest BCUT2D eigenvalue weighted by molar-refractivity contribution is 6.01. The molecule has 1 aliphatic carbocycles. The van der Waals surface area contributed by atoms with Crippen LogP contribution < -0.4 is 9.64 Å². The van der Waals surface area contributed by atoms with E-state index in [4.69, 9.17) is 9.72 Å². The molecular weight excluding hydrogens is 576 g/mol. The number of aliphatic hydroxyl groups excluding tert-OH is 1. The minimum atomic E-state index is -0.672. The van der Waals surface area contributed by atoms with Crippen LogP contribution in [-0.4, -0.2) is 74.0 Å². The molecule has 1 saturated carbocycles. The number of aromatic nitrogens is 3. The quantitative estimate of drug-likeness (QED) is 0.273. The summed E-state index contributed by atoms with van der Waals surface area (Å²) in [5.74, 6) is -0.109. The summed E-state index contributed by atoms with van der Waals surface area (Å²) in [6, 6.07) is 6.58. The lowest BCUT2D eigenvalue weighted by molar-refractivity contribution is 0.0889. The molecule has 4 aromatic rings. The monoisotopic (exact) mass is 615 g/mol. The van der Waals surface area contributed by atoms with Crippen molar-refractivity contribution in [2.24, 2.45) is 11.8 Å². The second-order valence-corrected chi connectivity index (χ2v) is 13.8. The summed E-state index contributed by atoms with van der Waals surface area (Å²) in [4.78, 5) is 18.8. The summed E-state index contributed by atoms with van der Waals surface area (Å²) < 4.78 is 38.2. The Morgan fingerprint density at radius 3 is 2.80 bits per heavy atom. The van der Waals surface area contributed by atoms with E-state index in [-0.39, 0.29) is 46.3 Å². The molecule has 4 aliphatic rings. The van der Waals surface area contributed by atoms with E-state index in [0.717, 1.165) is 45.1 Å². The molecule has 2 aromatic carbocycles. The van der Waals surface area contributed by atoms with Crippen LogP contribution >= 0.6 is 0 Å². The number of hydrogen-bond donors (Lipinski definition) is 2. The van der Waals surface area contributed by atoms with Gasteiger partial charge < -0.3 is 19.8 Å². The molecule has 2 aromatic heterocycles. The summed E-state index contributed by atoms with van der Waals surface area (Å²) in [5.41, 5.74) is 0.742. The molecule has 45 heavy (non-hydrogen) atoms. The summed E-state index contributed by atoms with van der Waals surface area (Å²) in [5, 5.41) is 22.8. The van der Waals surface area contributed by atoms with Crippen LogP contribution in [0, 0.1) is 23.5 Å². The largest absolute Gasteiger partial charge is 0.508 e. The molecule has 2 bridgehead atoms. The summed E-state index contributed by atoms with van der Waals surface area (Å²) >= 11 is 0. The number of pyridine rings is 1. The highest BCUT2D eigenvalue weighted by atomic mass is 19.1. The van der Waals surface area contributed by atoms with Crippen LogP contribution in [0.2, 0.25) is 0 Å². The molecule has 8 nitrogen and oxygen atoms in total. The molecule has 4 fully saturated rings. The first-order valence-electron chi connectivity index (χ1n) is 16.4. The summed E-state index contributed by atoms with van der Waals surface area (Å²) in [7, 11) is 0. The van der Waals surface area contributed by atoms with Gasteiger partial charge in [-0.05, 0) is 98.9 Å². The van der Waals surface area contributed by atoms with Gasteiger partial charge in [0.05, 0.1) is 17.0 Å². The number of ether oxygens (including phenoxy) is 1. The van der Waals surface area contributed by atoms with Gasteiger partial charge in [-0.3, -0.25) is 9.88 Å². The van der Waals surface area contributed by atoms with Crippen molar-refractivity contribution in [3.05, 3.63) is 47.7 Å². The van der Waals surface area contributed by atoms with Gasteiger partial charge in [0.2, 0.25) is 0 Å². The van der Waals surface area contributed by atoms with E-state index in [1.807, 2.05) is 6.92 Å². The fourth-order valence-corrected chi connectivity index (χ4v) is 8.93. The molecule has 5 heterocycles. The van der Waals surface area contributed by atoms with Gasteiger partial charge in [-0.15, -0.1) is 0 Å². The van der Waals surface area contributed by atoms with E-state index in [0.29, 0.717) is 71.2 Å². The average Bonchev–Trinajstić information content (AvgIpc) is 3.67. The van der Waals surface area contributed by atoms with E-state index in [2.05, 4.69) is 26.7 Å². The molecule has 3 aliphatic heterocycles. The van der Waals surface area contributed by atoms with Gasteiger partial charge in [-0.25, -0.2) is 8.78 Å². The highest BCUT2D eigenvalue weighted by Gasteiger charge is 2.48. The summed E-state index contributed by atoms with van der Waals surface area (Å²) in [6.07, 6.45) is 7.68. The zero-order chi connectivity index (χ0) is 31.0. The van der Waals surface area contributed by atoms with Crippen LogP contribution in [0.1, 0.15) is 57.9 Å². The van der Waals surface area contributed by atoms with Gasteiger partial charge in [-0.2, -0.15) is 9.97 Å². The van der Waals surface area contributed by atoms with Crippen LogP contribution in [0.15, 0.2) is 30.5 Å². The van der Waals surface area contributed by atoms with Crippen molar-refractivity contribution in [1.82, 2.24) is 19.9 Å². The lowest BCUT2D eigenvalue weighted by Gasteiger charge is -2.34. The molecule has 0 spiro atoms. The maximum atomic E-state index is 16.9. The maximum absolute atomic E-state index is 16.9. The zero-order valence-corrected chi connectivity index (χ0v) is 25.8. The van der Waals surface area contributed by atoms with Crippen LogP contribution in [0.3, 0.4) is 0 Å². The predicted molar refractivity (Wildman–Crippen MR) is 169 cm³/mol. The lowest BCUT2D eigenvalue weighted by Crippen LogP contribution is -2.46. The third-order valence-electron chi connectivity index (χ3n) is 11.1. The molecule has 236 valence electrons. The fourth-order valence-electron chi connectivity index (χ4n) is 8.93. The van der Waals surface area contributed by atoms with Crippen molar-refractivity contribution in [2.45, 2.75) is 76.5 Å². The topological polar surface area (TPSA) is 94.8 Å². The number of halogens is 2. The SMILES string of the molecule is CCc1c(F)ccc2cc(O)cc(-c3ncc4c(N5C[C@@H]6C[C@H](C5)[C@H](O)C6)nc(OCC56CCCN5C(C)CC6)nc4c3F)c12. The number of hydrogen-bond acceptors (Lipinski definition) is 8. The third-order valence-corrected chi connectivity index (χ3v) is 11.1. The summed E-state index contributed by atoms with van der Waals surface area (Å²) in [6.45, 7) is 6.91. The Morgan fingerprint density at radius 2 is 1.98 bits per heavy atom. The molecule has 8 rings (SSSR count). The zero-order valence-electron chi connectivity index (χ0n) is 25.8. The number of phenols is 1. The van der Waals surface area contributed by atoms with E-state index in [1.54, 1.807) is 18.3 Å². The Morgan fingerprint density at radius 1 is 1.11 bits per heavy atom. The molecular formula is C35H39F2N5O3. The second kappa shape index (κ2) is 10.7. The molecule has 3 saturated heterocycles. The predicted octanol–water partition coefficient (Wildman–Crippen LogP) is 5.99. The normalized spacial score (nSPS) is 28.0. The van der Waals surface area contributed by atoms with Crippen molar-refractivity contribution >= 4 is 27.5 Å². The van der Waals surface area contributed by atoms with Crippen LogP contribution in [0.25, 0.3) is 32.9 Å². The van der Waals surface area contributed by atoms with Crippen LogP contribution in [-0.2, 0) is 6.42 Å². The molecule has 2 N–H and O–H groups in total. The Labute approximate surface area is 261 Å². The Bertz CT molecular complexity index is 1820. The van der Waals surface area contributed by atoms with Crippen molar-refractivity contribution in [2.75, 3.05) is 31.1 Å². The van der Waals surface area contributed by atoms with Gasteiger partial charge in [0, 0.05) is 36.8 Å². The number of aromatic hydroxyl groups is 1. The first-order chi connectivity index (χ1) is 21.7. The Hall–Kier alpha value is -3.63. The number of aryl methyl sites for hydroxylation is 1. The van der Waals surface area contributed by atoms with E-state index >= 15 is 4.39 Å². The van der Waals surface area contributed by atoms with Crippen molar-refractivity contribution in [3.8, 4) is 23.0 Å². The fraction of sp³-hybridized carbons (Fsp3) is 0.514. The number of rotatable bonds is 6. The number of aliphatic hydroxyl groups is 1. The average molecular weight is 616 g/mol. The molecule has 10 heteroatoms. The van der Waals surface area contributed by atoms with Crippen LogP contribution in [0.5, 0.6) is 11.8 Å². The number of benzene rings is 2. The van der Waals surface area contributed by atoms with E-state index in [9.17, 15) is 14.6 Å². The first kappa shape index (κ1) is 28.8. The number of phenolic OH excluding ortho intramolecular Hbond substituents is 1. The van der Waals surface area contributed by atoms with Crippen molar-refractivity contribution in [3.63, 3.8) is 0 Å². The molecule has 0 amide bonds. The van der Waals surface area contributed by atoms with Gasteiger partial charge in [0.1, 0.15) is 35.2 Å². The number of fused-ring (bicyclic) bond motifs is 5. The Kier molecular flexibility index (Phi) is 6.87. The molecule has 0 radical (unpaired) electrons. The van der Waals surface area contributed by atoms with Gasteiger partial charge in [0.15, 0.2) is 5.82 Å².